The van der Waals surface area contributed by atoms with E-state index in [9.17, 15) is 0 Å². The molecule has 0 radical (unpaired) electrons. The minimum Gasteiger partial charge on any atom is -0.273 e. The summed E-state index contributed by atoms with van der Waals surface area (Å²) in [5, 5.41) is 4.23. The van der Waals surface area contributed by atoms with Gasteiger partial charge in [0.15, 0.2) is 0 Å². The van der Waals surface area contributed by atoms with Crippen molar-refractivity contribution >= 4 is 0 Å². The van der Waals surface area contributed by atoms with Crippen LogP contribution in [-0.2, 0) is 13.0 Å². The van der Waals surface area contributed by atoms with E-state index in [0.717, 1.165) is 24.2 Å². The van der Waals surface area contributed by atoms with Crippen molar-refractivity contribution in [1.29, 1.82) is 0 Å². The molecule has 2 rings (SSSR count). The molecule has 1 unspecified atom stereocenters. The van der Waals surface area contributed by atoms with Gasteiger partial charge in [0.25, 0.3) is 0 Å². The fraction of sp³-hybridized carbons (Fsp3) is 0.364. The summed E-state index contributed by atoms with van der Waals surface area (Å²) in [5.41, 5.74) is 4.71. The Kier molecular flexibility index (Phi) is 3.79. The van der Waals surface area contributed by atoms with Crippen molar-refractivity contribution in [3.05, 3.63) is 42.2 Å². The summed E-state index contributed by atoms with van der Waals surface area (Å²) < 4.78 is 1.89. The van der Waals surface area contributed by atoms with Gasteiger partial charge in [-0.3, -0.25) is 25.9 Å². The zero-order chi connectivity index (χ0) is 12.1. The van der Waals surface area contributed by atoms with Crippen molar-refractivity contribution in [3.63, 3.8) is 0 Å². The first-order chi connectivity index (χ1) is 8.33. The third-order valence-electron chi connectivity index (χ3n) is 2.59. The van der Waals surface area contributed by atoms with Gasteiger partial charge in [0.05, 0.1) is 24.1 Å². The fourth-order valence-electron chi connectivity index (χ4n) is 1.66. The molecule has 0 amide bonds. The highest BCUT2D eigenvalue weighted by atomic mass is 15.3. The Morgan fingerprint density at radius 2 is 2.29 bits per heavy atom. The number of aryl methyl sites for hydroxylation is 1. The largest absolute Gasteiger partial charge is 0.273 e. The lowest BCUT2D eigenvalue weighted by molar-refractivity contribution is 0.535. The van der Waals surface area contributed by atoms with Crippen LogP contribution in [0.15, 0.2) is 31.0 Å². The molecule has 2 aromatic heterocycles. The highest BCUT2D eigenvalue weighted by Crippen LogP contribution is 2.14. The van der Waals surface area contributed by atoms with Crippen molar-refractivity contribution in [2.75, 3.05) is 0 Å². The standard InChI is InChI=1S/C11H16N6/c1-2-17-8-9(6-15-17)5-10(16-12)11-7-13-3-4-14-11/h3-4,6-8,10,16H,2,5,12H2,1H3. The molecule has 17 heavy (non-hydrogen) atoms. The summed E-state index contributed by atoms with van der Waals surface area (Å²) in [6.07, 6.45) is 9.64. The van der Waals surface area contributed by atoms with E-state index in [1.807, 2.05) is 17.1 Å². The van der Waals surface area contributed by atoms with Crippen LogP contribution in [-0.4, -0.2) is 19.7 Å². The minimum atomic E-state index is -0.0433. The molecule has 1 atom stereocenters. The van der Waals surface area contributed by atoms with Gasteiger partial charge < -0.3 is 0 Å². The first-order valence-electron chi connectivity index (χ1n) is 5.57. The van der Waals surface area contributed by atoms with Gasteiger partial charge in [0.1, 0.15) is 0 Å². The summed E-state index contributed by atoms with van der Waals surface area (Å²) in [7, 11) is 0. The Labute approximate surface area is 99.9 Å². The second kappa shape index (κ2) is 5.51. The summed E-state index contributed by atoms with van der Waals surface area (Å²) in [5.74, 6) is 5.55. The number of hydrogen-bond donors (Lipinski definition) is 2. The molecule has 90 valence electrons. The van der Waals surface area contributed by atoms with Crippen molar-refractivity contribution in [1.82, 2.24) is 25.2 Å². The molecule has 0 spiro atoms. The molecule has 0 fully saturated rings. The fourth-order valence-corrected chi connectivity index (χ4v) is 1.66. The lowest BCUT2D eigenvalue weighted by Crippen LogP contribution is -2.30. The van der Waals surface area contributed by atoms with Gasteiger partial charge in [-0.25, -0.2) is 0 Å². The number of rotatable bonds is 5. The maximum Gasteiger partial charge on any atom is 0.0772 e. The first kappa shape index (κ1) is 11.7. The van der Waals surface area contributed by atoms with E-state index >= 15 is 0 Å². The van der Waals surface area contributed by atoms with Gasteiger partial charge in [0.2, 0.25) is 0 Å². The molecule has 2 aromatic rings. The van der Waals surface area contributed by atoms with Gasteiger partial charge in [-0.1, -0.05) is 0 Å². The Bertz CT molecular complexity index is 452. The van der Waals surface area contributed by atoms with Crippen molar-refractivity contribution < 1.29 is 0 Å². The highest BCUT2D eigenvalue weighted by Gasteiger charge is 2.12. The normalized spacial score (nSPS) is 12.6. The van der Waals surface area contributed by atoms with E-state index in [-0.39, 0.29) is 6.04 Å². The molecule has 0 aliphatic carbocycles. The van der Waals surface area contributed by atoms with Gasteiger partial charge in [0, 0.05) is 25.1 Å². The smallest absolute Gasteiger partial charge is 0.0772 e. The molecular weight excluding hydrogens is 216 g/mol. The Morgan fingerprint density at radius 1 is 1.41 bits per heavy atom. The van der Waals surface area contributed by atoms with E-state index in [1.54, 1.807) is 18.6 Å². The Morgan fingerprint density at radius 3 is 2.88 bits per heavy atom. The van der Waals surface area contributed by atoms with E-state index < -0.39 is 0 Å². The molecule has 6 nitrogen and oxygen atoms in total. The molecule has 2 heterocycles. The maximum atomic E-state index is 5.55. The van der Waals surface area contributed by atoms with Crippen LogP contribution in [0.1, 0.15) is 24.2 Å². The lowest BCUT2D eigenvalue weighted by atomic mass is 10.1. The predicted molar refractivity (Wildman–Crippen MR) is 63.7 cm³/mol. The van der Waals surface area contributed by atoms with Crippen molar-refractivity contribution in [2.45, 2.75) is 25.9 Å². The van der Waals surface area contributed by atoms with Crippen molar-refractivity contribution in [3.8, 4) is 0 Å². The molecular formula is C11H16N6. The van der Waals surface area contributed by atoms with Crippen LogP contribution in [0.25, 0.3) is 0 Å². The van der Waals surface area contributed by atoms with Crippen LogP contribution in [0.5, 0.6) is 0 Å². The molecule has 0 bridgehead atoms. The zero-order valence-corrected chi connectivity index (χ0v) is 9.74. The van der Waals surface area contributed by atoms with Crippen LogP contribution < -0.4 is 11.3 Å². The summed E-state index contributed by atoms with van der Waals surface area (Å²) >= 11 is 0. The van der Waals surface area contributed by atoms with Gasteiger partial charge in [-0.2, -0.15) is 5.10 Å². The van der Waals surface area contributed by atoms with Crippen LogP contribution in [0.2, 0.25) is 0 Å². The molecule has 0 aliphatic heterocycles. The van der Waals surface area contributed by atoms with Crippen LogP contribution >= 0.6 is 0 Å². The quantitative estimate of drug-likeness (QED) is 0.577. The number of aromatic nitrogens is 4. The van der Waals surface area contributed by atoms with E-state index in [4.69, 9.17) is 5.84 Å². The second-order valence-electron chi connectivity index (χ2n) is 3.76. The predicted octanol–water partition coefficient (Wildman–Crippen LogP) is 0.440. The minimum absolute atomic E-state index is 0.0433. The molecule has 0 saturated carbocycles. The monoisotopic (exact) mass is 232 g/mol. The van der Waals surface area contributed by atoms with Gasteiger partial charge in [-0.05, 0) is 18.9 Å². The van der Waals surface area contributed by atoms with E-state index in [1.165, 1.54) is 0 Å². The topological polar surface area (TPSA) is 81.7 Å². The summed E-state index contributed by atoms with van der Waals surface area (Å²) in [6, 6.07) is -0.0433. The average Bonchev–Trinajstić information content (AvgIpc) is 2.84. The Balaban J connectivity index is 2.10. The van der Waals surface area contributed by atoms with Crippen LogP contribution in [0.3, 0.4) is 0 Å². The Hall–Kier alpha value is -1.79. The first-order valence-corrected chi connectivity index (χ1v) is 5.57. The van der Waals surface area contributed by atoms with Gasteiger partial charge >= 0.3 is 0 Å². The van der Waals surface area contributed by atoms with Crippen LogP contribution in [0.4, 0.5) is 0 Å². The molecule has 0 aromatic carbocycles. The maximum absolute atomic E-state index is 5.55. The molecule has 0 aliphatic rings. The van der Waals surface area contributed by atoms with Crippen LogP contribution in [0, 0.1) is 0 Å². The van der Waals surface area contributed by atoms with E-state index in [2.05, 4.69) is 27.4 Å². The van der Waals surface area contributed by atoms with E-state index in [0.29, 0.717) is 0 Å². The summed E-state index contributed by atoms with van der Waals surface area (Å²) in [6.45, 7) is 2.92. The molecule has 0 saturated heterocycles. The lowest BCUT2D eigenvalue weighted by Gasteiger charge is -2.13. The number of nitrogens with two attached hydrogens (primary N) is 1. The van der Waals surface area contributed by atoms with Gasteiger partial charge in [-0.15, -0.1) is 0 Å². The average molecular weight is 232 g/mol. The highest BCUT2D eigenvalue weighted by molar-refractivity contribution is 5.11. The number of nitrogens with zero attached hydrogens (tertiary/aromatic N) is 4. The number of hydrazine groups is 1. The molecule has 6 heteroatoms. The van der Waals surface area contributed by atoms with Crippen molar-refractivity contribution in [2.24, 2.45) is 5.84 Å². The number of nitrogens with one attached hydrogen (secondary N) is 1. The third-order valence-corrected chi connectivity index (χ3v) is 2.59. The SMILES string of the molecule is CCn1cc(CC(NN)c2cnccn2)cn1. The number of hydrogen-bond acceptors (Lipinski definition) is 5. The summed E-state index contributed by atoms with van der Waals surface area (Å²) in [4.78, 5) is 8.28. The second-order valence-corrected chi connectivity index (χ2v) is 3.76. The zero-order valence-electron chi connectivity index (χ0n) is 9.74. The molecule has 3 N–H and O–H groups in total. The third kappa shape index (κ3) is 2.86.